The molecule has 156 valence electrons. The molecule has 7 heteroatoms. The summed E-state index contributed by atoms with van der Waals surface area (Å²) in [5.74, 6) is 0.707. The highest BCUT2D eigenvalue weighted by Gasteiger charge is 2.25. The molecule has 2 N–H and O–H groups in total. The van der Waals surface area contributed by atoms with E-state index in [1.54, 1.807) is 23.5 Å². The van der Waals surface area contributed by atoms with E-state index >= 15 is 0 Å². The average Bonchev–Trinajstić information content (AvgIpc) is 2.76. The molecule has 1 aliphatic rings. The normalized spacial score (nSPS) is 15.9. The van der Waals surface area contributed by atoms with Gasteiger partial charge in [0, 0.05) is 33.2 Å². The topological polar surface area (TPSA) is 73.8 Å². The van der Waals surface area contributed by atoms with Crippen LogP contribution in [0.2, 0.25) is 0 Å². The van der Waals surface area contributed by atoms with Crippen LogP contribution in [-0.2, 0) is 23.1 Å². The zero-order valence-electron chi connectivity index (χ0n) is 17.2. The van der Waals surface area contributed by atoms with E-state index in [-0.39, 0.29) is 0 Å². The van der Waals surface area contributed by atoms with Crippen molar-refractivity contribution in [2.75, 3.05) is 20.1 Å². The Morgan fingerprint density at radius 1 is 0.966 bits per heavy atom. The summed E-state index contributed by atoms with van der Waals surface area (Å²) >= 11 is 0. The SMILES string of the molecule is CN=C(NCc1ccc(S(=O)(=O)N2CCCCC2)cc1)NCc1ccccc1C. The molecule has 1 fully saturated rings. The number of piperidine rings is 1. The van der Waals surface area contributed by atoms with Crippen molar-refractivity contribution < 1.29 is 8.42 Å². The molecule has 0 saturated carbocycles. The van der Waals surface area contributed by atoms with Gasteiger partial charge in [-0.15, -0.1) is 0 Å². The van der Waals surface area contributed by atoms with E-state index in [2.05, 4.69) is 34.7 Å². The van der Waals surface area contributed by atoms with Crippen LogP contribution in [0.1, 0.15) is 36.0 Å². The van der Waals surface area contributed by atoms with Gasteiger partial charge in [0.2, 0.25) is 10.0 Å². The quantitative estimate of drug-likeness (QED) is 0.563. The number of guanidine groups is 1. The van der Waals surface area contributed by atoms with Crippen molar-refractivity contribution in [2.24, 2.45) is 4.99 Å². The Morgan fingerprint density at radius 3 is 2.28 bits per heavy atom. The van der Waals surface area contributed by atoms with Crippen molar-refractivity contribution in [3.05, 3.63) is 65.2 Å². The lowest BCUT2D eigenvalue weighted by atomic mass is 10.1. The molecule has 3 rings (SSSR count). The summed E-state index contributed by atoms with van der Waals surface area (Å²) in [4.78, 5) is 4.62. The highest BCUT2D eigenvalue weighted by molar-refractivity contribution is 7.89. The van der Waals surface area contributed by atoms with Crippen LogP contribution in [0.15, 0.2) is 58.4 Å². The Labute approximate surface area is 174 Å². The average molecular weight is 415 g/mol. The van der Waals surface area contributed by atoms with Crippen molar-refractivity contribution in [1.29, 1.82) is 0 Å². The van der Waals surface area contributed by atoms with Crippen molar-refractivity contribution in [2.45, 2.75) is 44.2 Å². The highest BCUT2D eigenvalue weighted by Crippen LogP contribution is 2.20. The number of nitrogens with zero attached hydrogens (tertiary/aromatic N) is 2. The lowest BCUT2D eigenvalue weighted by Crippen LogP contribution is -2.36. The van der Waals surface area contributed by atoms with Gasteiger partial charge in [-0.1, -0.05) is 42.8 Å². The zero-order valence-corrected chi connectivity index (χ0v) is 18.0. The Kier molecular flexibility index (Phi) is 7.28. The predicted octanol–water partition coefficient (Wildman–Crippen LogP) is 3.03. The van der Waals surface area contributed by atoms with E-state index in [1.807, 2.05) is 24.3 Å². The summed E-state index contributed by atoms with van der Waals surface area (Å²) < 4.78 is 27.1. The van der Waals surface area contributed by atoms with Gasteiger partial charge >= 0.3 is 0 Å². The van der Waals surface area contributed by atoms with Crippen LogP contribution in [0.3, 0.4) is 0 Å². The van der Waals surface area contributed by atoms with E-state index in [1.165, 1.54) is 11.1 Å². The number of benzene rings is 2. The molecule has 2 aromatic carbocycles. The standard InChI is InChI=1S/C22H30N4O2S/c1-18-8-4-5-9-20(18)17-25-22(23-2)24-16-19-10-12-21(13-11-19)29(27,28)26-14-6-3-7-15-26/h4-5,8-13H,3,6-7,14-17H2,1-2H3,(H2,23,24,25). The van der Waals surface area contributed by atoms with Gasteiger partial charge in [0.25, 0.3) is 0 Å². The first-order chi connectivity index (χ1) is 14.0. The summed E-state index contributed by atoms with van der Waals surface area (Å²) in [5.41, 5.74) is 3.46. The molecule has 0 bridgehead atoms. The summed E-state index contributed by atoms with van der Waals surface area (Å²) in [7, 11) is -1.64. The van der Waals surface area contributed by atoms with Gasteiger partial charge in [-0.25, -0.2) is 8.42 Å². The van der Waals surface area contributed by atoms with Crippen LogP contribution in [0.5, 0.6) is 0 Å². The minimum absolute atomic E-state index is 0.366. The third-order valence-electron chi connectivity index (χ3n) is 5.27. The van der Waals surface area contributed by atoms with Crippen LogP contribution >= 0.6 is 0 Å². The van der Waals surface area contributed by atoms with Crippen LogP contribution < -0.4 is 10.6 Å². The molecule has 0 atom stereocenters. The second kappa shape index (κ2) is 9.89. The second-order valence-corrected chi connectivity index (χ2v) is 9.25. The Morgan fingerprint density at radius 2 is 1.62 bits per heavy atom. The number of aliphatic imine (C=N–C) groups is 1. The number of sulfonamides is 1. The lowest BCUT2D eigenvalue weighted by Gasteiger charge is -2.25. The molecular weight excluding hydrogens is 384 g/mol. The predicted molar refractivity (Wildman–Crippen MR) is 117 cm³/mol. The number of hydrogen-bond donors (Lipinski definition) is 2. The highest BCUT2D eigenvalue weighted by atomic mass is 32.2. The van der Waals surface area contributed by atoms with Crippen LogP contribution in [0.25, 0.3) is 0 Å². The summed E-state index contributed by atoms with van der Waals surface area (Å²) in [6, 6.07) is 15.4. The van der Waals surface area contributed by atoms with Crippen LogP contribution in [0.4, 0.5) is 0 Å². The first kappa shape index (κ1) is 21.3. The molecule has 0 spiro atoms. The maximum atomic E-state index is 12.7. The third kappa shape index (κ3) is 5.58. The minimum atomic E-state index is -3.38. The molecular formula is C22H30N4O2S. The second-order valence-electron chi connectivity index (χ2n) is 7.31. The van der Waals surface area contributed by atoms with Gasteiger partial charge in [-0.2, -0.15) is 4.31 Å². The van der Waals surface area contributed by atoms with Gasteiger partial charge in [0.15, 0.2) is 5.96 Å². The number of aryl methyl sites for hydroxylation is 1. The first-order valence-electron chi connectivity index (χ1n) is 10.1. The van der Waals surface area contributed by atoms with Gasteiger partial charge < -0.3 is 10.6 Å². The molecule has 0 amide bonds. The first-order valence-corrected chi connectivity index (χ1v) is 11.5. The molecule has 1 saturated heterocycles. The molecule has 6 nitrogen and oxygen atoms in total. The zero-order chi connectivity index (χ0) is 20.7. The smallest absolute Gasteiger partial charge is 0.243 e. The summed E-state index contributed by atoms with van der Waals surface area (Å²) in [6.07, 6.45) is 2.99. The number of rotatable bonds is 6. The fourth-order valence-corrected chi connectivity index (χ4v) is 4.94. The molecule has 0 radical (unpaired) electrons. The third-order valence-corrected chi connectivity index (χ3v) is 7.18. The lowest BCUT2D eigenvalue weighted by molar-refractivity contribution is 0.346. The van der Waals surface area contributed by atoms with Gasteiger partial charge in [-0.3, -0.25) is 4.99 Å². The van der Waals surface area contributed by atoms with E-state index in [4.69, 9.17) is 0 Å². The number of nitrogens with one attached hydrogen (secondary N) is 2. The van der Waals surface area contributed by atoms with Crippen molar-refractivity contribution in [1.82, 2.24) is 14.9 Å². The summed E-state index contributed by atoms with van der Waals surface area (Å²) in [6.45, 7) is 4.59. The molecule has 29 heavy (non-hydrogen) atoms. The fraction of sp³-hybridized carbons (Fsp3) is 0.409. The van der Waals surface area contributed by atoms with E-state index < -0.39 is 10.0 Å². The molecule has 0 unspecified atom stereocenters. The maximum absolute atomic E-state index is 12.7. The molecule has 0 aliphatic carbocycles. The van der Waals surface area contributed by atoms with E-state index in [0.717, 1.165) is 24.8 Å². The van der Waals surface area contributed by atoms with Gasteiger partial charge in [0.1, 0.15) is 0 Å². The Bertz CT molecular complexity index is 934. The van der Waals surface area contributed by atoms with Crippen LogP contribution in [-0.4, -0.2) is 38.8 Å². The van der Waals surface area contributed by atoms with Crippen molar-refractivity contribution in [3.63, 3.8) is 0 Å². The monoisotopic (exact) mass is 414 g/mol. The molecule has 0 aromatic heterocycles. The van der Waals surface area contributed by atoms with Crippen molar-refractivity contribution >= 4 is 16.0 Å². The van der Waals surface area contributed by atoms with E-state index in [0.29, 0.717) is 37.0 Å². The molecule has 1 heterocycles. The maximum Gasteiger partial charge on any atom is 0.243 e. The van der Waals surface area contributed by atoms with Gasteiger partial charge in [-0.05, 0) is 48.6 Å². The van der Waals surface area contributed by atoms with Gasteiger partial charge in [0.05, 0.1) is 4.90 Å². The Hall–Kier alpha value is -2.38. The van der Waals surface area contributed by atoms with Crippen LogP contribution in [0, 0.1) is 6.92 Å². The summed E-state index contributed by atoms with van der Waals surface area (Å²) in [5, 5.41) is 6.59. The number of hydrogen-bond acceptors (Lipinski definition) is 3. The minimum Gasteiger partial charge on any atom is -0.352 e. The van der Waals surface area contributed by atoms with E-state index in [9.17, 15) is 8.42 Å². The molecule has 1 aliphatic heterocycles. The fourth-order valence-electron chi connectivity index (χ4n) is 3.43. The van der Waals surface area contributed by atoms with Crippen molar-refractivity contribution in [3.8, 4) is 0 Å². The Balaban J connectivity index is 1.55. The molecule has 2 aromatic rings. The largest absolute Gasteiger partial charge is 0.352 e.